The Morgan fingerprint density at radius 2 is 1.26 bits per heavy atom. The normalized spacial score (nSPS) is 13.7. The van der Waals surface area contributed by atoms with Crippen molar-refractivity contribution in [2.45, 2.75) is 85.0 Å². The summed E-state index contributed by atoms with van der Waals surface area (Å²) in [7, 11) is 1.03. The average Bonchev–Trinajstić information content (AvgIpc) is 2.45. The van der Waals surface area contributed by atoms with Crippen molar-refractivity contribution in [3.8, 4) is 0 Å². The third-order valence-corrected chi connectivity index (χ3v) is 6.09. The summed E-state index contributed by atoms with van der Waals surface area (Å²) >= 11 is 6.22. The Morgan fingerprint density at radius 1 is 0.842 bits per heavy atom. The summed E-state index contributed by atoms with van der Waals surface area (Å²) in [6.07, 6.45) is 14.5. The van der Waals surface area contributed by atoms with Gasteiger partial charge in [-0.15, -0.1) is 0 Å². The van der Waals surface area contributed by atoms with Crippen LogP contribution < -0.4 is 0 Å². The summed E-state index contributed by atoms with van der Waals surface area (Å²) in [4.78, 5) is 0. The molecule has 1 unspecified atom stereocenters. The fourth-order valence-electron chi connectivity index (χ4n) is 2.82. The first-order valence-corrected chi connectivity index (χ1v) is 10.5. The van der Waals surface area contributed by atoms with E-state index in [1.165, 1.54) is 64.2 Å². The molecule has 0 bridgehead atoms. The molecule has 0 aromatic carbocycles. The molecule has 1 atom stereocenters. The van der Waals surface area contributed by atoms with E-state index in [9.17, 15) is 0 Å². The van der Waals surface area contributed by atoms with Crippen LogP contribution in [0.5, 0.6) is 0 Å². The van der Waals surface area contributed by atoms with E-state index >= 15 is 0 Å². The van der Waals surface area contributed by atoms with E-state index in [4.69, 9.17) is 15.8 Å². The van der Waals surface area contributed by atoms with Gasteiger partial charge in [-0.2, -0.15) is 0 Å². The van der Waals surface area contributed by atoms with Gasteiger partial charge in [-0.3, -0.25) is 0 Å². The van der Waals surface area contributed by atoms with Crippen molar-refractivity contribution in [1.29, 1.82) is 0 Å². The van der Waals surface area contributed by atoms with E-state index in [1.807, 2.05) is 0 Å². The number of unbranched alkanes of at least 4 members (excludes halogenated alkanes) is 3. The van der Waals surface area contributed by atoms with Crippen molar-refractivity contribution in [2.75, 3.05) is 13.3 Å². The molecule has 0 heterocycles. The molecule has 0 aromatic rings. The summed E-state index contributed by atoms with van der Waals surface area (Å²) in [5, 5.41) is 0. The third-order valence-electron chi connectivity index (χ3n) is 4.20. The zero-order chi connectivity index (χ0) is 14.6. The largest absolute Gasteiger partial charge is 0.346 e. The molecule has 19 heavy (non-hydrogen) atoms. The van der Waals surface area contributed by atoms with Crippen LogP contribution >= 0.6 is 18.7 Å². The van der Waals surface area contributed by atoms with Crippen molar-refractivity contribution in [3.63, 3.8) is 0 Å². The summed E-state index contributed by atoms with van der Waals surface area (Å²) in [6, 6.07) is 0. The highest BCUT2D eigenvalue weighted by Gasteiger charge is 2.28. The molecule has 0 spiro atoms. The molecule has 3 heteroatoms. The van der Waals surface area contributed by atoms with Gasteiger partial charge in [0, 0.05) is 13.3 Å². The maximum atomic E-state index is 6.22. The minimum atomic E-state index is -0.715. The second kappa shape index (κ2) is 12.4. The third kappa shape index (κ3) is 9.27. The molecule has 0 aliphatic rings. The number of halogens is 1. The van der Waals surface area contributed by atoms with E-state index in [-0.39, 0.29) is 0 Å². The molecular weight excluding hydrogens is 275 g/mol. The summed E-state index contributed by atoms with van der Waals surface area (Å²) in [5.74, 6) is 0. The van der Waals surface area contributed by atoms with Gasteiger partial charge in [0.25, 0.3) is 0 Å². The van der Waals surface area contributed by atoms with Crippen LogP contribution in [0.4, 0.5) is 0 Å². The molecule has 116 valence electrons. The first-order chi connectivity index (χ1) is 9.14. The summed E-state index contributed by atoms with van der Waals surface area (Å²) < 4.78 is 5.29. The van der Waals surface area contributed by atoms with E-state index in [0.29, 0.717) is 5.41 Å². The van der Waals surface area contributed by atoms with Gasteiger partial charge in [0.15, 0.2) is 0 Å². The highest BCUT2D eigenvalue weighted by Crippen LogP contribution is 2.48. The lowest BCUT2D eigenvalue weighted by Crippen LogP contribution is -2.22. The first kappa shape index (κ1) is 19.7. The molecule has 0 saturated heterocycles. The predicted octanol–water partition coefficient (Wildman–Crippen LogP) is 7.13. The van der Waals surface area contributed by atoms with Gasteiger partial charge in [-0.05, 0) is 31.1 Å². The SMILES string of the molecule is CCCCC(CCCC)(CCCC)CCP(Cl)OC. The Morgan fingerprint density at radius 3 is 1.58 bits per heavy atom. The Hall–Kier alpha value is 0.680. The van der Waals surface area contributed by atoms with Crippen molar-refractivity contribution in [1.82, 2.24) is 0 Å². The maximum Gasteiger partial charge on any atom is 0.124 e. The standard InChI is InChI=1S/C16H34ClOP/c1-5-8-11-16(12-9-6-2,13-10-7-3)14-15-19(17)18-4/h5-15H2,1-4H3. The molecule has 0 aliphatic heterocycles. The summed E-state index contributed by atoms with van der Waals surface area (Å²) in [6.45, 7) is 6.90. The highest BCUT2D eigenvalue weighted by molar-refractivity contribution is 7.80. The lowest BCUT2D eigenvalue weighted by molar-refractivity contribution is 0.191. The molecular formula is C16H34ClOP. The van der Waals surface area contributed by atoms with Crippen LogP contribution in [0.1, 0.15) is 85.0 Å². The Bertz CT molecular complexity index is 177. The fourth-order valence-corrected chi connectivity index (χ4v) is 3.91. The Balaban J connectivity index is 4.56. The Labute approximate surface area is 127 Å². The van der Waals surface area contributed by atoms with Gasteiger partial charge in [0.1, 0.15) is 7.50 Å². The van der Waals surface area contributed by atoms with Crippen LogP contribution in [0.2, 0.25) is 0 Å². The predicted molar refractivity (Wildman–Crippen MR) is 90.3 cm³/mol. The van der Waals surface area contributed by atoms with Gasteiger partial charge >= 0.3 is 0 Å². The lowest BCUT2D eigenvalue weighted by atomic mass is 9.72. The summed E-state index contributed by atoms with van der Waals surface area (Å²) in [5.41, 5.74) is 0.538. The van der Waals surface area contributed by atoms with Gasteiger partial charge < -0.3 is 4.52 Å². The smallest absolute Gasteiger partial charge is 0.124 e. The molecule has 0 aromatic heterocycles. The van der Waals surface area contributed by atoms with Crippen molar-refractivity contribution in [2.24, 2.45) is 5.41 Å². The van der Waals surface area contributed by atoms with Crippen LogP contribution in [0.25, 0.3) is 0 Å². The van der Waals surface area contributed by atoms with E-state index in [2.05, 4.69) is 20.8 Å². The topological polar surface area (TPSA) is 9.23 Å². The molecule has 1 nitrogen and oxygen atoms in total. The van der Waals surface area contributed by atoms with E-state index in [1.54, 1.807) is 7.11 Å². The number of hydrogen-bond acceptors (Lipinski definition) is 1. The van der Waals surface area contributed by atoms with Crippen LogP contribution in [0, 0.1) is 5.41 Å². The average molecular weight is 309 g/mol. The highest BCUT2D eigenvalue weighted by atomic mass is 35.7. The zero-order valence-corrected chi connectivity index (χ0v) is 15.2. The van der Waals surface area contributed by atoms with Crippen LogP contribution in [0.3, 0.4) is 0 Å². The second-order valence-electron chi connectivity index (χ2n) is 5.78. The Kier molecular flexibility index (Phi) is 12.9. The number of hydrogen-bond donors (Lipinski definition) is 0. The van der Waals surface area contributed by atoms with Gasteiger partial charge in [0.05, 0.1) is 0 Å². The molecule has 0 saturated carbocycles. The number of rotatable bonds is 13. The molecule has 0 aliphatic carbocycles. The van der Waals surface area contributed by atoms with Crippen molar-refractivity contribution >= 4 is 18.7 Å². The monoisotopic (exact) mass is 308 g/mol. The van der Waals surface area contributed by atoms with Crippen molar-refractivity contribution in [3.05, 3.63) is 0 Å². The maximum absolute atomic E-state index is 6.22. The minimum absolute atomic E-state index is 0.538. The molecule has 0 fully saturated rings. The molecule has 0 amide bonds. The second-order valence-corrected chi connectivity index (χ2v) is 8.36. The van der Waals surface area contributed by atoms with Gasteiger partial charge in [-0.25, -0.2) is 0 Å². The van der Waals surface area contributed by atoms with Gasteiger partial charge in [-0.1, -0.05) is 70.5 Å². The van der Waals surface area contributed by atoms with Gasteiger partial charge in [0.2, 0.25) is 0 Å². The quantitative estimate of drug-likeness (QED) is 0.329. The molecule has 0 rings (SSSR count). The van der Waals surface area contributed by atoms with Crippen molar-refractivity contribution < 1.29 is 4.52 Å². The van der Waals surface area contributed by atoms with E-state index in [0.717, 1.165) is 6.16 Å². The minimum Gasteiger partial charge on any atom is -0.346 e. The zero-order valence-electron chi connectivity index (χ0n) is 13.5. The molecule has 0 N–H and O–H groups in total. The van der Waals surface area contributed by atoms with Crippen LogP contribution in [-0.4, -0.2) is 13.3 Å². The first-order valence-electron chi connectivity index (χ1n) is 8.11. The fraction of sp³-hybridized carbons (Fsp3) is 1.00. The van der Waals surface area contributed by atoms with Crippen LogP contribution in [-0.2, 0) is 4.52 Å². The van der Waals surface area contributed by atoms with E-state index < -0.39 is 7.50 Å². The van der Waals surface area contributed by atoms with Crippen LogP contribution in [0.15, 0.2) is 0 Å². The molecule has 0 radical (unpaired) electrons. The lowest BCUT2D eigenvalue weighted by Gasteiger charge is -2.35.